The molecule has 1 aliphatic rings. The monoisotopic (exact) mass is 540 g/mol. The molecule has 12 heteroatoms. The second-order valence-electron chi connectivity index (χ2n) is 8.37. The molecule has 0 bridgehead atoms. The Labute approximate surface area is 212 Å². The summed E-state index contributed by atoms with van der Waals surface area (Å²) in [7, 11) is -2.50. The summed E-state index contributed by atoms with van der Waals surface area (Å²) in [5, 5.41) is 2.55. The molecule has 2 aromatic carbocycles. The maximum absolute atomic E-state index is 13.0. The highest BCUT2D eigenvalue weighted by Gasteiger charge is 2.39. The van der Waals surface area contributed by atoms with E-state index in [-0.39, 0.29) is 23.4 Å². The van der Waals surface area contributed by atoms with Gasteiger partial charge in [0.15, 0.2) is 5.82 Å². The zero-order valence-electron chi connectivity index (χ0n) is 19.4. The molecule has 1 saturated heterocycles. The number of hydrogen-bond donors (Lipinski definition) is 0. The molecule has 192 valence electrons. The molecular weight excluding hydrogens is 517 g/mol. The van der Waals surface area contributed by atoms with Crippen molar-refractivity contribution in [1.82, 2.24) is 9.40 Å². The molecule has 0 N–H and O–H groups in total. The van der Waals surface area contributed by atoms with E-state index in [0.717, 1.165) is 33.0 Å². The average molecular weight is 541 g/mol. The summed E-state index contributed by atoms with van der Waals surface area (Å²) in [5.41, 5.74) is 0.773. The molecule has 0 unspecified atom stereocenters. The topological polar surface area (TPSA) is 66.0 Å². The number of anilines is 2. The van der Waals surface area contributed by atoms with Crippen molar-refractivity contribution in [2.45, 2.75) is 24.7 Å². The number of hydrogen-bond acceptors (Lipinski definition) is 6. The minimum absolute atomic E-state index is 0.110. The molecule has 1 fully saturated rings. The van der Waals surface area contributed by atoms with Crippen LogP contribution in [0.15, 0.2) is 72.9 Å². The molecule has 1 aliphatic heterocycles. The summed E-state index contributed by atoms with van der Waals surface area (Å²) in [5.74, 6) is -0.132. The van der Waals surface area contributed by atoms with E-state index in [0.29, 0.717) is 12.6 Å². The van der Waals surface area contributed by atoms with Gasteiger partial charge < -0.3 is 0 Å². The van der Waals surface area contributed by atoms with E-state index in [4.69, 9.17) is 16.4 Å². The fourth-order valence-electron chi connectivity index (χ4n) is 4.08. The van der Waals surface area contributed by atoms with Gasteiger partial charge in [-0.1, -0.05) is 60.1 Å². The Bertz CT molecular complexity index is 1250. The van der Waals surface area contributed by atoms with Gasteiger partial charge in [-0.3, -0.25) is 9.85 Å². The second kappa shape index (κ2) is 10.3. The van der Waals surface area contributed by atoms with Crippen LogP contribution in [0.3, 0.4) is 0 Å². The van der Waals surface area contributed by atoms with Crippen LogP contribution in [0.5, 0.6) is 0 Å². The molecule has 3 aromatic rings. The molecule has 7 nitrogen and oxygen atoms in total. The summed E-state index contributed by atoms with van der Waals surface area (Å²) in [4.78, 5) is 10.0. The van der Waals surface area contributed by atoms with Gasteiger partial charge in [-0.15, -0.1) is 4.41 Å². The highest BCUT2D eigenvalue weighted by Crippen LogP contribution is 2.39. The molecule has 1 aromatic heterocycles. The number of halogens is 4. The first-order valence-electron chi connectivity index (χ1n) is 10.9. The highest BCUT2D eigenvalue weighted by molar-refractivity contribution is 7.88. The Morgan fingerprint density at radius 1 is 1.11 bits per heavy atom. The van der Waals surface area contributed by atoms with E-state index >= 15 is 0 Å². The van der Waals surface area contributed by atoms with Gasteiger partial charge in [-0.05, 0) is 23.8 Å². The number of aromatic nitrogens is 1. The Hall–Kier alpha value is -2.86. The zero-order chi connectivity index (χ0) is 26.1. The standard InChI is InChI=1S/C24H24ClF3N4O3S/c1-30(23-21(25)13-18(15-29-23)24(26,27)28)31(36(2,33)34)16-20-14-22(17-9-5-3-6-10-17)32(35-20)19-11-7-4-8-12-19/h3-13,15,20,22H,14,16H2,1-2H3/t20-,22+/m0/s1. The summed E-state index contributed by atoms with van der Waals surface area (Å²) in [6.07, 6.45) is -3.12. The maximum atomic E-state index is 13.0. The van der Waals surface area contributed by atoms with Crippen LogP contribution in [0.1, 0.15) is 23.6 Å². The van der Waals surface area contributed by atoms with Crippen molar-refractivity contribution in [3.05, 3.63) is 89.1 Å². The van der Waals surface area contributed by atoms with Crippen LogP contribution in [0.4, 0.5) is 24.7 Å². The van der Waals surface area contributed by atoms with E-state index in [1.54, 1.807) is 5.06 Å². The number of benzene rings is 2. The Balaban J connectivity index is 1.62. The first-order valence-corrected chi connectivity index (χ1v) is 13.2. The van der Waals surface area contributed by atoms with Crippen LogP contribution in [0, 0.1) is 0 Å². The molecule has 0 aliphatic carbocycles. The number of hydroxylamine groups is 1. The molecule has 2 atom stereocenters. The zero-order valence-corrected chi connectivity index (χ0v) is 21.0. The summed E-state index contributed by atoms with van der Waals surface area (Å²) >= 11 is 6.08. The second-order valence-corrected chi connectivity index (χ2v) is 10.7. The number of nitrogens with zero attached hydrogens (tertiary/aromatic N) is 4. The lowest BCUT2D eigenvalue weighted by Gasteiger charge is -2.32. The molecule has 2 heterocycles. The van der Waals surface area contributed by atoms with Crippen molar-refractivity contribution in [3.8, 4) is 0 Å². The fourth-order valence-corrected chi connectivity index (χ4v) is 5.32. The molecule has 0 saturated carbocycles. The third-order valence-corrected chi connectivity index (χ3v) is 7.20. The predicted molar refractivity (Wildman–Crippen MR) is 132 cm³/mol. The van der Waals surface area contributed by atoms with Gasteiger partial charge in [0.05, 0.1) is 35.1 Å². The molecule has 36 heavy (non-hydrogen) atoms. The van der Waals surface area contributed by atoms with Gasteiger partial charge in [0.2, 0.25) is 10.0 Å². The van der Waals surface area contributed by atoms with Gasteiger partial charge in [-0.25, -0.2) is 18.5 Å². The number of rotatable bonds is 7. The smallest absolute Gasteiger partial charge is 0.278 e. The minimum atomic E-state index is -4.63. The number of alkyl halides is 3. The normalized spacial score (nSPS) is 18.6. The van der Waals surface area contributed by atoms with Gasteiger partial charge in [-0.2, -0.15) is 13.2 Å². The van der Waals surface area contributed by atoms with Crippen LogP contribution in [-0.4, -0.2) is 43.8 Å². The lowest BCUT2D eigenvalue weighted by molar-refractivity contribution is -0.137. The Morgan fingerprint density at radius 2 is 1.72 bits per heavy atom. The number of para-hydroxylation sites is 1. The van der Waals surface area contributed by atoms with Crippen LogP contribution >= 0.6 is 11.6 Å². The van der Waals surface area contributed by atoms with Crippen LogP contribution in [0.25, 0.3) is 0 Å². The van der Waals surface area contributed by atoms with Crippen LogP contribution < -0.4 is 10.1 Å². The van der Waals surface area contributed by atoms with E-state index < -0.39 is 27.9 Å². The third kappa shape index (κ3) is 5.75. The molecule has 0 amide bonds. The minimum Gasteiger partial charge on any atom is -0.278 e. The molecule has 0 radical (unpaired) electrons. The van der Waals surface area contributed by atoms with E-state index in [9.17, 15) is 21.6 Å². The van der Waals surface area contributed by atoms with Gasteiger partial charge >= 0.3 is 6.18 Å². The van der Waals surface area contributed by atoms with Crippen molar-refractivity contribution in [3.63, 3.8) is 0 Å². The number of hydrazine groups is 1. The van der Waals surface area contributed by atoms with Crippen molar-refractivity contribution in [2.75, 3.05) is 29.9 Å². The highest BCUT2D eigenvalue weighted by atomic mass is 35.5. The average Bonchev–Trinajstić information content (AvgIpc) is 3.26. The maximum Gasteiger partial charge on any atom is 0.417 e. The van der Waals surface area contributed by atoms with Crippen molar-refractivity contribution in [2.24, 2.45) is 0 Å². The SMILES string of the molecule is CN(c1ncc(C(F)(F)F)cc1Cl)N(C[C@@H]1C[C@H](c2ccccc2)N(c2ccccc2)O1)S(C)(=O)=O. The van der Waals surface area contributed by atoms with Crippen LogP contribution in [-0.2, 0) is 21.0 Å². The largest absolute Gasteiger partial charge is 0.417 e. The summed E-state index contributed by atoms with van der Waals surface area (Å²) in [6, 6.07) is 19.6. The van der Waals surface area contributed by atoms with Crippen molar-refractivity contribution < 1.29 is 26.4 Å². The van der Waals surface area contributed by atoms with E-state index in [1.807, 2.05) is 60.7 Å². The summed E-state index contributed by atoms with van der Waals surface area (Å²) in [6.45, 7) is -0.110. The van der Waals surface area contributed by atoms with Crippen molar-refractivity contribution in [1.29, 1.82) is 0 Å². The van der Waals surface area contributed by atoms with E-state index in [1.165, 1.54) is 7.05 Å². The number of pyridine rings is 1. The third-order valence-electron chi connectivity index (χ3n) is 5.76. The molecular formula is C24H24ClF3N4O3S. The molecule has 0 spiro atoms. The first-order chi connectivity index (χ1) is 16.9. The lowest BCUT2D eigenvalue weighted by Crippen LogP contribution is -2.48. The van der Waals surface area contributed by atoms with E-state index in [2.05, 4.69) is 4.98 Å². The first kappa shape index (κ1) is 26.2. The molecule has 4 rings (SSSR count). The van der Waals surface area contributed by atoms with Gasteiger partial charge in [0.25, 0.3) is 0 Å². The van der Waals surface area contributed by atoms with Crippen LogP contribution in [0.2, 0.25) is 5.02 Å². The fraction of sp³-hybridized carbons (Fsp3) is 0.292. The predicted octanol–water partition coefficient (Wildman–Crippen LogP) is 5.32. The quantitative estimate of drug-likeness (QED) is 0.378. The Morgan fingerprint density at radius 3 is 2.28 bits per heavy atom. The number of sulfonamides is 1. The van der Waals surface area contributed by atoms with Gasteiger partial charge in [0.1, 0.15) is 6.10 Å². The Kier molecular flexibility index (Phi) is 7.46. The lowest BCUT2D eigenvalue weighted by atomic mass is 10.0. The van der Waals surface area contributed by atoms with Gasteiger partial charge in [0, 0.05) is 19.7 Å². The van der Waals surface area contributed by atoms with Crippen molar-refractivity contribution >= 4 is 33.1 Å². The summed E-state index contributed by atoms with van der Waals surface area (Å²) < 4.78 is 65.6.